The molecule has 1 heterocycles. The average molecular weight is 353 g/mol. The van der Waals surface area contributed by atoms with E-state index >= 15 is 0 Å². The lowest BCUT2D eigenvalue weighted by Gasteiger charge is -2.14. The van der Waals surface area contributed by atoms with E-state index in [1.165, 1.54) is 75.2 Å². The molecule has 2 nitrogen and oxygen atoms in total. The van der Waals surface area contributed by atoms with E-state index in [2.05, 4.69) is 32.6 Å². The summed E-state index contributed by atoms with van der Waals surface area (Å²) in [6.07, 6.45) is 17.0. The van der Waals surface area contributed by atoms with Crippen molar-refractivity contribution in [2.75, 3.05) is 7.11 Å². The van der Waals surface area contributed by atoms with Crippen molar-refractivity contribution in [3.05, 3.63) is 17.9 Å². The molecule has 0 bridgehead atoms. The number of unbranched alkanes of at least 4 members (excludes halogenated alkanes) is 9. The van der Waals surface area contributed by atoms with Gasteiger partial charge in [-0.05, 0) is 12.5 Å². The molecule has 0 aliphatic heterocycles. The van der Waals surface area contributed by atoms with Gasteiger partial charge in [0, 0.05) is 12.7 Å². The van der Waals surface area contributed by atoms with Gasteiger partial charge in [0.25, 0.3) is 0 Å². The van der Waals surface area contributed by atoms with Gasteiger partial charge in [0.1, 0.15) is 8.07 Å². The maximum absolute atomic E-state index is 5.79. The van der Waals surface area contributed by atoms with Crippen molar-refractivity contribution in [2.45, 2.75) is 103 Å². The van der Waals surface area contributed by atoms with Crippen molar-refractivity contribution in [2.24, 2.45) is 0 Å². The third-order valence-corrected chi connectivity index (χ3v) is 6.58. The van der Waals surface area contributed by atoms with Gasteiger partial charge in [-0.25, -0.2) is 0 Å². The van der Waals surface area contributed by atoms with E-state index in [9.17, 15) is 0 Å². The van der Waals surface area contributed by atoms with Crippen molar-refractivity contribution >= 4 is 13.5 Å². The van der Waals surface area contributed by atoms with Gasteiger partial charge in [0.2, 0.25) is 0 Å². The molecule has 0 aliphatic rings. The normalized spacial score (nSPS) is 13.4. The van der Waals surface area contributed by atoms with Crippen LogP contribution < -0.4 is 5.38 Å². The fourth-order valence-corrected chi connectivity index (χ4v) is 4.16. The number of furan rings is 1. The summed E-state index contributed by atoms with van der Waals surface area (Å²) in [5.41, 5.74) is 1.23. The molecule has 140 valence electrons. The van der Waals surface area contributed by atoms with Crippen LogP contribution in [0.3, 0.4) is 0 Å². The molecular weight excluding hydrogens is 312 g/mol. The topological polar surface area (TPSA) is 22.4 Å². The summed E-state index contributed by atoms with van der Waals surface area (Å²) in [5, 5.41) is 1.18. The van der Waals surface area contributed by atoms with Crippen LogP contribution >= 0.6 is 0 Å². The van der Waals surface area contributed by atoms with Crippen LogP contribution in [0.15, 0.2) is 16.7 Å². The molecule has 1 aromatic heterocycles. The Morgan fingerprint density at radius 1 is 0.917 bits per heavy atom. The van der Waals surface area contributed by atoms with Crippen LogP contribution in [-0.2, 0) is 4.74 Å². The lowest BCUT2D eigenvalue weighted by atomic mass is 10.0. The summed E-state index contributed by atoms with van der Waals surface area (Å²) < 4.78 is 11.5. The zero-order chi connectivity index (χ0) is 17.8. The van der Waals surface area contributed by atoms with Gasteiger partial charge in [-0.15, -0.1) is 0 Å². The highest BCUT2D eigenvalue weighted by Gasteiger charge is 2.23. The summed E-state index contributed by atoms with van der Waals surface area (Å²) >= 11 is 0. The molecule has 1 unspecified atom stereocenters. The summed E-state index contributed by atoms with van der Waals surface area (Å²) in [6.45, 7) is 9.24. The molecular formula is C21H40O2Si. The number of ether oxygens (including phenoxy) is 1. The van der Waals surface area contributed by atoms with E-state index in [0.29, 0.717) is 0 Å². The van der Waals surface area contributed by atoms with Gasteiger partial charge >= 0.3 is 0 Å². The Hall–Kier alpha value is -0.543. The largest absolute Gasteiger partial charge is 0.474 e. The van der Waals surface area contributed by atoms with Crippen molar-refractivity contribution in [3.8, 4) is 0 Å². The minimum absolute atomic E-state index is 0.202. The summed E-state index contributed by atoms with van der Waals surface area (Å²) in [6, 6.07) is 2.23. The third-order valence-electron chi connectivity index (χ3n) is 4.84. The highest BCUT2D eigenvalue weighted by Crippen LogP contribution is 2.24. The monoisotopic (exact) mass is 352 g/mol. The van der Waals surface area contributed by atoms with E-state index < -0.39 is 8.07 Å². The maximum atomic E-state index is 5.79. The Morgan fingerprint density at radius 2 is 1.46 bits per heavy atom. The minimum atomic E-state index is -1.36. The second kappa shape index (κ2) is 11.9. The summed E-state index contributed by atoms with van der Waals surface area (Å²) in [7, 11) is 0.463. The van der Waals surface area contributed by atoms with Crippen LogP contribution in [0.5, 0.6) is 0 Å². The van der Waals surface area contributed by atoms with E-state index in [-0.39, 0.29) is 6.10 Å². The fourth-order valence-electron chi connectivity index (χ4n) is 3.15. The van der Waals surface area contributed by atoms with Gasteiger partial charge in [-0.2, -0.15) is 0 Å². The highest BCUT2D eigenvalue weighted by molar-refractivity contribution is 6.87. The van der Waals surface area contributed by atoms with Crippen LogP contribution in [0.2, 0.25) is 19.6 Å². The van der Waals surface area contributed by atoms with E-state index in [1.807, 2.05) is 13.4 Å². The average Bonchev–Trinajstić information content (AvgIpc) is 3.03. The Bertz CT molecular complexity index is 420. The minimum Gasteiger partial charge on any atom is -0.474 e. The van der Waals surface area contributed by atoms with Crippen LogP contribution in [0.25, 0.3) is 0 Å². The van der Waals surface area contributed by atoms with E-state index in [4.69, 9.17) is 9.15 Å². The third kappa shape index (κ3) is 8.52. The SMILES string of the molecule is CCCCCCCCCCCCC(OC)c1coc([Si](C)(C)C)c1. The predicted octanol–water partition coefficient (Wildman–Crippen LogP) is 6.82. The Morgan fingerprint density at radius 3 is 1.92 bits per heavy atom. The van der Waals surface area contributed by atoms with Crippen molar-refractivity contribution in [1.82, 2.24) is 0 Å². The molecule has 0 fully saturated rings. The van der Waals surface area contributed by atoms with E-state index in [0.717, 1.165) is 6.42 Å². The molecule has 1 rings (SSSR count). The van der Waals surface area contributed by atoms with Crippen LogP contribution in [0.4, 0.5) is 0 Å². The molecule has 0 N–H and O–H groups in total. The maximum Gasteiger partial charge on any atom is 0.123 e. The van der Waals surface area contributed by atoms with Gasteiger partial charge < -0.3 is 9.15 Å². The van der Waals surface area contributed by atoms with Gasteiger partial charge in [-0.3, -0.25) is 0 Å². The molecule has 0 saturated heterocycles. The van der Waals surface area contributed by atoms with Crippen LogP contribution in [0.1, 0.15) is 89.2 Å². The van der Waals surface area contributed by atoms with Gasteiger partial charge in [0.05, 0.1) is 17.8 Å². The Labute approximate surface area is 151 Å². The first-order valence-electron chi connectivity index (χ1n) is 10.1. The summed E-state index contributed by atoms with van der Waals surface area (Å²) in [5.74, 6) is 0. The lowest BCUT2D eigenvalue weighted by Crippen LogP contribution is -2.36. The molecule has 0 spiro atoms. The number of rotatable bonds is 14. The van der Waals surface area contributed by atoms with Gasteiger partial charge in [-0.1, -0.05) is 90.8 Å². The van der Waals surface area contributed by atoms with Crippen molar-refractivity contribution < 1.29 is 9.15 Å². The quantitative estimate of drug-likeness (QED) is 0.270. The molecule has 0 radical (unpaired) electrons. The first kappa shape index (κ1) is 21.5. The smallest absolute Gasteiger partial charge is 0.123 e. The second-order valence-electron chi connectivity index (χ2n) is 8.19. The molecule has 24 heavy (non-hydrogen) atoms. The molecule has 3 heteroatoms. The van der Waals surface area contributed by atoms with Crippen LogP contribution in [-0.4, -0.2) is 15.2 Å². The first-order valence-corrected chi connectivity index (χ1v) is 13.6. The van der Waals surface area contributed by atoms with Gasteiger partial charge in [0.15, 0.2) is 0 Å². The lowest BCUT2D eigenvalue weighted by molar-refractivity contribution is 0.0925. The molecule has 0 amide bonds. The number of hydrogen-bond acceptors (Lipinski definition) is 2. The van der Waals surface area contributed by atoms with E-state index in [1.54, 1.807) is 0 Å². The molecule has 1 aromatic rings. The van der Waals surface area contributed by atoms with Crippen LogP contribution in [0, 0.1) is 0 Å². The standard InChI is InChI=1S/C21H40O2Si/c1-6-7-8-9-10-11-12-13-14-15-16-20(22-2)19-17-21(23-18-19)24(3,4)5/h17-18,20H,6-16H2,1-5H3. The predicted molar refractivity (Wildman–Crippen MR) is 108 cm³/mol. The number of hydrogen-bond donors (Lipinski definition) is 0. The first-order chi connectivity index (χ1) is 11.5. The Kier molecular flexibility index (Phi) is 10.7. The number of methoxy groups -OCH3 is 1. The highest BCUT2D eigenvalue weighted by atomic mass is 28.3. The van der Waals surface area contributed by atoms with Crippen molar-refractivity contribution in [1.29, 1.82) is 0 Å². The molecule has 1 atom stereocenters. The molecule has 0 aliphatic carbocycles. The zero-order valence-electron chi connectivity index (χ0n) is 16.8. The second-order valence-corrected chi connectivity index (χ2v) is 13.2. The fraction of sp³-hybridized carbons (Fsp3) is 0.810. The Balaban J connectivity index is 2.15. The summed E-state index contributed by atoms with van der Waals surface area (Å²) in [4.78, 5) is 0. The molecule has 0 aromatic carbocycles. The van der Waals surface area contributed by atoms with Crippen molar-refractivity contribution in [3.63, 3.8) is 0 Å². The zero-order valence-corrected chi connectivity index (χ0v) is 17.8. The molecule has 0 saturated carbocycles.